The molecule has 1 heterocycles. The molecule has 0 fully saturated rings. The monoisotopic (exact) mass is 367 g/mol. The lowest BCUT2D eigenvalue weighted by atomic mass is 10.2. The highest BCUT2D eigenvalue weighted by molar-refractivity contribution is 9.10. The first-order valence-corrected chi connectivity index (χ1v) is 7.26. The van der Waals surface area contributed by atoms with E-state index in [1.54, 1.807) is 25.1 Å². The Bertz CT molecular complexity index is 701. The van der Waals surface area contributed by atoms with Crippen LogP contribution in [0, 0.1) is 17.0 Å². The summed E-state index contributed by atoms with van der Waals surface area (Å²) >= 11 is 3.28. The molecule has 116 valence electrons. The number of nitrogens with zero attached hydrogens (tertiary/aromatic N) is 2. The zero-order valence-corrected chi connectivity index (χ0v) is 13.3. The highest BCUT2D eigenvalue weighted by Crippen LogP contribution is 2.22. The molecular weight excluding hydrogens is 354 g/mol. The van der Waals surface area contributed by atoms with E-state index in [0.29, 0.717) is 23.2 Å². The van der Waals surface area contributed by atoms with Gasteiger partial charge in [-0.25, -0.2) is 0 Å². The van der Waals surface area contributed by atoms with Gasteiger partial charge in [-0.2, -0.15) is 5.10 Å². The summed E-state index contributed by atoms with van der Waals surface area (Å²) in [5, 5.41) is 23.1. The van der Waals surface area contributed by atoms with E-state index in [0.717, 1.165) is 5.69 Å². The molecule has 9 heteroatoms. The van der Waals surface area contributed by atoms with Crippen LogP contribution in [0.15, 0.2) is 28.7 Å². The predicted octanol–water partition coefficient (Wildman–Crippen LogP) is 2.23. The molecular formula is C13H14BrN5O3. The summed E-state index contributed by atoms with van der Waals surface area (Å²) in [5.74, 6) is -0.319. The molecule has 1 aromatic carbocycles. The van der Waals surface area contributed by atoms with Crippen LogP contribution in [0.5, 0.6) is 0 Å². The van der Waals surface area contributed by atoms with Crippen LogP contribution in [0.25, 0.3) is 0 Å². The van der Waals surface area contributed by atoms with Gasteiger partial charge in [0, 0.05) is 24.8 Å². The Hall–Kier alpha value is -2.42. The molecule has 0 unspecified atom stereocenters. The summed E-state index contributed by atoms with van der Waals surface area (Å²) < 4.78 is 0.622. The molecule has 0 aliphatic rings. The van der Waals surface area contributed by atoms with Gasteiger partial charge in [-0.1, -0.05) is 12.1 Å². The first-order valence-electron chi connectivity index (χ1n) is 6.46. The molecule has 0 aliphatic heterocycles. The van der Waals surface area contributed by atoms with Gasteiger partial charge in [-0.3, -0.25) is 20.0 Å². The van der Waals surface area contributed by atoms with Crippen molar-refractivity contribution in [2.75, 3.05) is 18.4 Å². The maximum atomic E-state index is 11.9. The number of aromatic nitrogens is 2. The Morgan fingerprint density at radius 3 is 2.77 bits per heavy atom. The van der Waals surface area contributed by atoms with Crippen LogP contribution in [0.2, 0.25) is 0 Å². The van der Waals surface area contributed by atoms with Crippen molar-refractivity contribution in [3.05, 3.63) is 50.2 Å². The van der Waals surface area contributed by atoms with Gasteiger partial charge in [0.25, 0.3) is 11.6 Å². The molecule has 22 heavy (non-hydrogen) atoms. The van der Waals surface area contributed by atoms with Gasteiger partial charge in [0.1, 0.15) is 5.69 Å². The number of aromatic amines is 1. The van der Waals surface area contributed by atoms with Crippen LogP contribution < -0.4 is 10.6 Å². The normalized spacial score (nSPS) is 10.3. The number of hydrogen-bond donors (Lipinski definition) is 3. The third kappa shape index (κ3) is 3.61. The van der Waals surface area contributed by atoms with Crippen molar-refractivity contribution in [3.63, 3.8) is 0 Å². The number of anilines is 1. The number of carbonyl (C=O) groups is 1. The third-order valence-electron chi connectivity index (χ3n) is 2.91. The third-order valence-corrected chi connectivity index (χ3v) is 3.88. The van der Waals surface area contributed by atoms with Crippen LogP contribution in [-0.4, -0.2) is 34.1 Å². The molecule has 8 nitrogen and oxygen atoms in total. The second-order valence-electron chi connectivity index (χ2n) is 4.47. The second kappa shape index (κ2) is 7.03. The molecule has 0 bridgehead atoms. The number of para-hydroxylation sites is 2. The smallest absolute Gasteiger partial charge is 0.292 e. The molecule has 0 saturated carbocycles. The second-order valence-corrected chi connectivity index (χ2v) is 5.26. The maximum Gasteiger partial charge on any atom is 0.292 e. The lowest BCUT2D eigenvalue weighted by Gasteiger charge is -2.07. The average molecular weight is 368 g/mol. The van der Waals surface area contributed by atoms with Gasteiger partial charge < -0.3 is 10.6 Å². The minimum atomic E-state index is -0.454. The fraction of sp³-hybridized carbons (Fsp3) is 0.231. The molecule has 0 saturated heterocycles. The predicted molar refractivity (Wildman–Crippen MR) is 84.9 cm³/mol. The van der Waals surface area contributed by atoms with Crippen LogP contribution in [0.4, 0.5) is 11.4 Å². The number of carbonyl (C=O) groups excluding carboxylic acids is 1. The van der Waals surface area contributed by atoms with Crippen molar-refractivity contribution in [1.82, 2.24) is 15.5 Å². The summed E-state index contributed by atoms with van der Waals surface area (Å²) in [6.45, 7) is 2.46. The fourth-order valence-electron chi connectivity index (χ4n) is 1.81. The molecule has 0 atom stereocenters. The Morgan fingerprint density at radius 1 is 1.41 bits per heavy atom. The van der Waals surface area contributed by atoms with Crippen LogP contribution in [0.1, 0.15) is 16.2 Å². The van der Waals surface area contributed by atoms with Gasteiger partial charge in [0.2, 0.25) is 0 Å². The quantitative estimate of drug-likeness (QED) is 0.411. The lowest BCUT2D eigenvalue weighted by Crippen LogP contribution is -2.29. The van der Waals surface area contributed by atoms with E-state index in [9.17, 15) is 14.9 Å². The van der Waals surface area contributed by atoms with E-state index < -0.39 is 4.92 Å². The fourth-order valence-corrected chi connectivity index (χ4v) is 2.16. The molecule has 0 aliphatic carbocycles. The van der Waals surface area contributed by atoms with E-state index in [4.69, 9.17) is 0 Å². The largest absolute Gasteiger partial charge is 0.378 e. The summed E-state index contributed by atoms with van der Waals surface area (Å²) in [4.78, 5) is 22.3. The number of nitro groups is 1. The number of H-pyrrole nitrogens is 1. The van der Waals surface area contributed by atoms with Gasteiger partial charge >= 0.3 is 0 Å². The number of nitro benzene ring substituents is 1. The highest BCUT2D eigenvalue weighted by atomic mass is 79.9. The summed E-state index contributed by atoms with van der Waals surface area (Å²) in [6.07, 6.45) is 0. The van der Waals surface area contributed by atoms with Crippen LogP contribution >= 0.6 is 15.9 Å². The number of halogens is 1. The van der Waals surface area contributed by atoms with Gasteiger partial charge in [-0.15, -0.1) is 0 Å². The number of benzene rings is 1. The Morgan fingerprint density at radius 2 is 2.14 bits per heavy atom. The molecule has 3 N–H and O–H groups in total. The number of amides is 1. The zero-order valence-electron chi connectivity index (χ0n) is 11.7. The standard InChI is InChI=1S/C13H14BrN5O3/c1-8-11(14)12(18-17-8)13(20)16-7-6-15-9-4-2-3-5-10(9)19(21)22/h2-5,15H,6-7H2,1H3,(H,16,20)(H,17,18). The van der Waals surface area contributed by atoms with E-state index >= 15 is 0 Å². The van der Waals surface area contributed by atoms with Crippen molar-refractivity contribution in [2.45, 2.75) is 6.92 Å². The summed E-state index contributed by atoms with van der Waals surface area (Å²) in [5.41, 5.74) is 1.46. The number of nitrogens with one attached hydrogen (secondary N) is 3. The van der Waals surface area contributed by atoms with Crippen molar-refractivity contribution in [2.24, 2.45) is 0 Å². The maximum absolute atomic E-state index is 11.9. The van der Waals surface area contributed by atoms with E-state index in [2.05, 4.69) is 36.8 Å². The Balaban J connectivity index is 1.86. The van der Waals surface area contributed by atoms with E-state index in [1.807, 2.05) is 0 Å². The lowest BCUT2D eigenvalue weighted by molar-refractivity contribution is -0.384. The van der Waals surface area contributed by atoms with E-state index in [-0.39, 0.29) is 17.3 Å². The molecule has 2 rings (SSSR count). The SMILES string of the molecule is Cc1[nH]nc(C(=O)NCCNc2ccccc2[N+](=O)[O-])c1Br. The first kappa shape index (κ1) is 16.0. The van der Waals surface area contributed by atoms with Gasteiger partial charge in [0.15, 0.2) is 5.69 Å². The van der Waals surface area contributed by atoms with Crippen molar-refractivity contribution in [1.29, 1.82) is 0 Å². The minimum absolute atomic E-state index is 0.000466. The van der Waals surface area contributed by atoms with Gasteiger partial charge in [-0.05, 0) is 28.9 Å². The van der Waals surface area contributed by atoms with E-state index in [1.165, 1.54) is 6.07 Å². The van der Waals surface area contributed by atoms with Crippen molar-refractivity contribution >= 4 is 33.2 Å². The topological polar surface area (TPSA) is 113 Å². The van der Waals surface area contributed by atoms with Gasteiger partial charge in [0.05, 0.1) is 9.40 Å². The Kier molecular flexibility index (Phi) is 5.10. The van der Waals surface area contributed by atoms with Crippen LogP contribution in [0.3, 0.4) is 0 Å². The zero-order chi connectivity index (χ0) is 16.1. The molecule has 1 amide bonds. The summed E-state index contributed by atoms with van der Waals surface area (Å²) in [6, 6.07) is 6.35. The summed E-state index contributed by atoms with van der Waals surface area (Å²) in [7, 11) is 0. The molecule has 2 aromatic rings. The Labute approximate surface area is 134 Å². The van der Waals surface area contributed by atoms with Crippen molar-refractivity contribution in [3.8, 4) is 0 Å². The number of hydrogen-bond acceptors (Lipinski definition) is 5. The molecule has 1 aromatic heterocycles. The molecule has 0 spiro atoms. The first-order chi connectivity index (χ1) is 10.5. The minimum Gasteiger partial charge on any atom is -0.378 e. The van der Waals surface area contributed by atoms with Crippen molar-refractivity contribution < 1.29 is 9.72 Å². The number of aryl methyl sites for hydroxylation is 1. The van der Waals surface area contributed by atoms with Crippen LogP contribution in [-0.2, 0) is 0 Å². The number of rotatable bonds is 6. The average Bonchev–Trinajstić information content (AvgIpc) is 2.83. The molecule has 0 radical (unpaired) electrons. The highest BCUT2D eigenvalue weighted by Gasteiger charge is 2.15.